The van der Waals surface area contributed by atoms with Gasteiger partial charge in [0.05, 0.1) is 14.1 Å². The molecule has 11 heavy (non-hydrogen) atoms. The summed E-state index contributed by atoms with van der Waals surface area (Å²) < 4.78 is 1.34. The fourth-order valence-corrected chi connectivity index (χ4v) is 4.84. The van der Waals surface area contributed by atoms with Gasteiger partial charge in [0.15, 0.2) is 5.54 Å². The Morgan fingerprint density at radius 3 is 2.09 bits per heavy atom. The van der Waals surface area contributed by atoms with Crippen LogP contribution in [-0.2, 0) is 0 Å². The summed E-state index contributed by atoms with van der Waals surface area (Å²) in [5.41, 5.74) is 0.768. The molecule has 0 N–H and O–H groups in total. The summed E-state index contributed by atoms with van der Waals surface area (Å²) in [7, 11) is 4.85. The van der Waals surface area contributed by atoms with Crippen molar-refractivity contribution in [3.63, 3.8) is 0 Å². The zero-order chi connectivity index (χ0) is 8.02. The minimum absolute atomic E-state index is 0.768. The van der Waals surface area contributed by atoms with E-state index in [1.165, 1.54) is 10.9 Å². The lowest BCUT2D eigenvalue weighted by Gasteiger charge is -2.41. The fourth-order valence-electron chi connectivity index (χ4n) is 4.84. The second-order valence-electron chi connectivity index (χ2n) is 5.49. The molecule has 1 heterocycles. The van der Waals surface area contributed by atoms with E-state index in [0.29, 0.717) is 0 Å². The van der Waals surface area contributed by atoms with Crippen molar-refractivity contribution in [2.75, 3.05) is 14.1 Å². The molecular weight excluding hydrogens is 134 g/mol. The van der Waals surface area contributed by atoms with Gasteiger partial charge in [-0.2, -0.15) is 0 Å². The third-order valence-corrected chi connectivity index (χ3v) is 5.38. The average Bonchev–Trinajstić information content (AvgIpc) is 2.17. The van der Waals surface area contributed by atoms with E-state index < -0.39 is 0 Å². The van der Waals surface area contributed by atoms with Crippen molar-refractivity contribution in [2.24, 2.45) is 17.8 Å². The topological polar surface area (TPSA) is 0 Å². The van der Waals surface area contributed by atoms with Gasteiger partial charge in [0.2, 0.25) is 0 Å². The number of rotatable bonds is 0. The highest BCUT2D eigenvalue weighted by molar-refractivity contribution is 5.26. The van der Waals surface area contributed by atoms with Crippen LogP contribution in [0.15, 0.2) is 0 Å². The Balaban J connectivity index is 2.07. The van der Waals surface area contributed by atoms with E-state index in [-0.39, 0.29) is 0 Å². The van der Waals surface area contributed by atoms with E-state index in [1.54, 1.807) is 0 Å². The van der Waals surface area contributed by atoms with Gasteiger partial charge in [-0.15, -0.1) is 0 Å². The molecule has 4 rings (SSSR count). The molecule has 5 atom stereocenters. The van der Waals surface area contributed by atoms with E-state index >= 15 is 0 Å². The summed E-state index contributed by atoms with van der Waals surface area (Å²) >= 11 is 0. The molecule has 4 fully saturated rings. The number of piperidine rings is 2. The summed E-state index contributed by atoms with van der Waals surface area (Å²) in [5, 5.41) is 0. The monoisotopic (exact) mass is 152 g/mol. The number of hydrogen-bond acceptors (Lipinski definition) is 0. The first kappa shape index (κ1) is 6.47. The summed E-state index contributed by atoms with van der Waals surface area (Å²) in [6, 6.07) is 1.03. The van der Waals surface area contributed by atoms with E-state index in [1.807, 2.05) is 0 Å². The van der Waals surface area contributed by atoms with Crippen LogP contribution in [0.1, 0.15) is 20.3 Å². The predicted octanol–water partition coefficient (Wildman–Crippen LogP) is 1.49. The minimum atomic E-state index is 0.768. The summed E-state index contributed by atoms with van der Waals surface area (Å²) in [6.07, 6.45) is 1.53. The molecule has 3 aliphatic carbocycles. The van der Waals surface area contributed by atoms with Crippen LogP contribution in [0.3, 0.4) is 0 Å². The van der Waals surface area contributed by atoms with Crippen LogP contribution in [-0.4, -0.2) is 30.2 Å². The zero-order valence-electron chi connectivity index (χ0n) is 7.96. The first-order chi connectivity index (χ1) is 5.03. The number of nitrogens with zero attached hydrogens (tertiary/aromatic N) is 1. The van der Waals surface area contributed by atoms with Crippen molar-refractivity contribution in [3.05, 3.63) is 0 Å². The Bertz CT molecular complexity index is 229. The Morgan fingerprint density at radius 1 is 1.27 bits per heavy atom. The summed E-state index contributed by atoms with van der Waals surface area (Å²) in [6.45, 7) is 4.94. The van der Waals surface area contributed by atoms with Crippen LogP contribution < -0.4 is 0 Å². The lowest BCUT2D eigenvalue weighted by atomic mass is 9.68. The van der Waals surface area contributed by atoms with Crippen LogP contribution in [0, 0.1) is 17.8 Å². The molecule has 1 spiro atoms. The minimum Gasteiger partial charge on any atom is -0.311 e. The van der Waals surface area contributed by atoms with Gasteiger partial charge in [0, 0.05) is 18.3 Å². The normalized spacial score (nSPS) is 68.7. The van der Waals surface area contributed by atoms with Crippen LogP contribution in [0.5, 0.6) is 0 Å². The maximum atomic E-state index is 2.47. The molecule has 0 aromatic rings. The van der Waals surface area contributed by atoms with Crippen molar-refractivity contribution in [2.45, 2.75) is 31.8 Å². The van der Waals surface area contributed by atoms with Gasteiger partial charge in [-0.1, -0.05) is 13.8 Å². The SMILES string of the molecule is CC1C2CC3(C2C)C1[N+]3(C)C. The number of likely N-dealkylation sites (tertiary alicyclic amines) is 1. The summed E-state index contributed by atoms with van der Waals surface area (Å²) in [4.78, 5) is 0. The Kier molecular flexibility index (Phi) is 0.755. The molecule has 2 bridgehead atoms. The molecule has 0 aromatic carbocycles. The molecule has 4 aliphatic rings. The largest absolute Gasteiger partial charge is 0.311 e. The zero-order valence-corrected chi connectivity index (χ0v) is 7.96. The maximum Gasteiger partial charge on any atom is 0.155 e. The second kappa shape index (κ2) is 1.28. The average molecular weight is 152 g/mol. The van der Waals surface area contributed by atoms with E-state index in [9.17, 15) is 0 Å². The van der Waals surface area contributed by atoms with Crippen molar-refractivity contribution in [3.8, 4) is 0 Å². The van der Waals surface area contributed by atoms with Gasteiger partial charge in [-0.3, -0.25) is 0 Å². The van der Waals surface area contributed by atoms with Gasteiger partial charge in [-0.05, 0) is 5.92 Å². The molecule has 3 saturated carbocycles. The smallest absolute Gasteiger partial charge is 0.155 e. The van der Waals surface area contributed by atoms with Crippen LogP contribution in [0.25, 0.3) is 0 Å². The van der Waals surface area contributed by atoms with Crippen molar-refractivity contribution < 1.29 is 4.48 Å². The van der Waals surface area contributed by atoms with Gasteiger partial charge in [0.25, 0.3) is 0 Å². The van der Waals surface area contributed by atoms with Gasteiger partial charge in [0.1, 0.15) is 6.04 Å². The lowest BCUT2D eigenvalue weighted by Crippen LogP contribution is -2.49. The molecule has 1 saturated heterocycles. The quantitative estimate of drug-likeness (QED) is 0.364. The van der Waals surface area contributed by atoms with Crippen molar-refractivity contribution in [1.29, 1.82) is 0 Å². The molecule has 1 aliphatic heterocycles. The first-order valence-electron chi connectivity index (χ1n) is 4.87. The first-order valence-corrected chi connectivity index (χ1v) is 4.87. The van der Waals surface area contributed by atoms with Crippen LogP contribution >= 0.6 is 0 Å². The van der Waals surface area contributed by atoms with E-state index in [0.717, 1.165) is 29.3 Å². The predicted molar refractivity (Wildman–Crippen MR) is 45.1 cm³/mol. The Hall–Kier alpha value is -0.0400. The molecule has 62 valence electrons. The van der Waals surface area contributed by atoms with Gasteiger partial charge < -0.3 is 4.48 Å². The highest BCUT2D eigenvalue weighted by Crippen LogP contribution is 2.76. The van der Waals surface area contributed by atoms with Crippen LogP contribution in [0.4, 0.5) is 0 Å². The Labute approximate surface area is 69.0 Å². The third kappa shape index (κ3) is 0.358. The molecule has 1 nitrogen and oxygen atoms in total. The van der Waals surface area contributed by atoms with E-state index in [2.05, 4.69) is 27.9 Å². The molecule has 0 radical (unpaired) electrons. The van der Waals surface area contributed by atoms with Gasteiger partial charge >= 0.3 is 0 Å². The number of likely N-dealkylation sites (N-methyl/N-ethyl adjacent to an activating group) is 1. The lowest BCUT2D eigenvalue weighted by molar-refractivity contribution is -0.821. The Morgan fingerprint density at radius 2 is 1.91 bits per heavy atom. The maximum absolute atomic E-state index is 2.47. The standard InChI is InChI=1S/C10H18N/c1-6-8-5-10(7(8)2)9(6)11(10,3)4/h6-9H,5H2,1-4H3/q+1. The third-order valence-electron chi connectivity index (χ3n) is 5.38. The summed E-state index contributed by atoms with van der Waals surface area (Å²) in [5.74, 6) is 3.13. The fraction of sp³-hybridized carbons (Fsp3) is 1.00. The molecular formula is C10H18N+. The van der Waals surface area contributed by atoms with Gasteiger partial charge in [-0.25, -0.2) is 0 Å². The molecule has 0 aromatic heterocycles. The van der Waals surface area contributed by atoms with E-state index in [4.69, 9.17) is 0 Å². The molecule has 1 heteroatoms. The number of hydrogen-bond donors (Lipinski definition) is 0. The molecule has 0 amide bonds. The highest BCUT2D eigenvalue weighted by atomic mass is 15.6. The van der Waals surface area contributed by atoms with Crippen molar-refractivity contribution in [1.82, 2.24) is 0 Å². The van der Waals surface area contributed by atoms with Crippen LogP contribution in [0.2, 0.25) is 0 Å². The second-order valence-corrected chi connectivity index (χ2v) is 5.49. The van der Waals surface area contributed by atoms with Crippen molar-refractivity contribution >= 4 is 0 Å². The molecule has 5 unspecified atom stereocenters. The highest BCUT2D eigenvalue weighted by Gasteiger charge is 2.91. The number of quaternary nitrogens is 1.